The fraction of sp³-hybridized carbons (Fsp3) is 0.857. The van der Waals surface area contributed by atoms with E-state index in [9.17, 15) is 4.79 Å². The first kappa shape index (κ1) is 11.4. The van der Waals surface area contributed by atoms with Crippen LogP contribution in [-0.4, -0.2) is 31.9 Å². The average Bonchev–Trinajstić information content (AvgIpc) is 2.05. The van der Waals surface area contributed by atoms with Crippen molar-refractivity contribution in [1.82, 2.24) is 0 Å². The molecular formula is C7H15NO4. The van der Waals surface area contributed by atoms with Crippen molar-refractivity contribution < 1.29 is 19.1 Å². The van der Waals surface area contributed by atoms with Crippen LogP contribution in [0.5, 0.6) is 0 Å². The first-order valence-electron chi connectivity index (χ1n) is 3.48. The van der Waals surface area contributed by atoms with Crippen LogP contribution in [0.3, 0.4) is 0 Å². The Morgan fingerprint density at radius 1 is 1.42 bits per heavy atom. The lowest BCUT2D eigenvalue weighted by atomic mass is 10.0. The molecule has 0 amide bonds. The van der Waals surface area contributed by atoms with E-state index in [0.29, 0.717) is 0 Å². The van der Waals surface area contributed by atoms with Crippen molar-refractivity contribution in [3.63, 3.8) is 0 Å². The standard InChI is InChI=1S/C7H15NO4/c1-7(2,11-4)5(12-8)6(9)10-3/h5H,8H2,1-4H3/t5-/m0/s1. The molecular weight excluding hydrogens is 162 g/mol. The molecule has 12 heavy (non-hydrogen) atoms. The van der Waals surface area contributed by atoms with E-state index < -0.39 is 17.7 Å². The van der Waals surface area contributed by atoms with Crippen LogP contribution in [0, 0.1) is 0 Å². The Morgan fingerprint density at radius 2 is 1.92 bits per heavy atom. The third-order valence-electron chi connectivity index (χ3n) is 1.71. The monoisotopic (exact) mass is 177 g/mol. The largest absolute Gasteiger partial charge is 0.467 e. The van der Waals surface area contributed by atoms with Crippen molar-refractivity contribution in [3.8, 4) is 0 Å². The number of nitrogens with two attached hydrogens (primary N) is 1. The topological polar surface area (TPSA) is 70.8 Å². The zero-order valence-corrected chi connectivity index (χ0v) is 7.79. The molecule has 0 aliphatic rings. The second-order valence-electron chi connectivity index (χ2n) is 2.85. The fourth-order valence-corrected chi connectivity index (χ4v) is 0.717. The molecule has 0 saturated carbocycles. The van der Waals surface area contributed by atoms with Crippen molar-refractivity contribution >= 4 is 5.97 Å². The molecule has 2 N–H and O–H groups in total. The maximum Gasteiger partial charge on any atom is 0.340 e. The van der Waals surface area contributed by atoms with E-state index in [4.69, 9.17) is 10.6 Å². The second-order valence-corrected chi connectivity index (χ2v) is 2.85. The van der Waals surface area contributed by atoms with E-state index in [-0.39, 0.29) is 0 Å². The predicted octanol–water partition coefficient (Wildman–Crippen LogP) is -0.157. The molecule has 72 valence electrons. The highest BCUT2D eigenvalue weighted by molar-refractivity contribution is 5.75. The van der Waals surface area contributed by atoms with Crippen molar-refractivity contribution in [2.75, 3.05) is 14.2 Å². The number of hydrogen-bond donors (Lipinski definition) is 1. The van der Waals surface area contributed by atoms with Gasteiger partial charge in [0.25, 0.3) is 0 Å². The smallest absolute Gasteiger partial charge is 0.340 e. The first-order chi connectivity index (χ1) is 5.49. The van der Waals surface area contributed by atoms with Gasteiger partial charge >= 0.3 is 5.97 Å². The summed E-state index contributed by atoms with van der Waals surface area (Å²) in [6, 6.07) is 0. The maximum atomic E-state index is 11.0. The molecule has 0 rings (SSSR count). The minimum atomic E-state index is -0.910. The molecule has 0 aromatic carbocycles. The van der Waals surface area contributed by atoms with E-state index in [0.717, 1.165) is 0 Å². The average molecular weight is 177 g/mol. The third kappa shape index (κ3) is 2.44. The quantitative estimate of drug-likeness (QED) is 0.477. The predicted molar refractivity (Wildman–Crippen MR) is 42.2 cm³/mol. The lowest BCUT2D eigenvalue weighted by molar-refractivity contribution is -0.175. The number of carbonyl (C=O) groups is 1. The van der Waals surface area contributed by atoms with Gasteiger partial charge < -0.3 is 9.47 Å². The van der Waals surface area contributed by atoms with E-state index in [1.165, 1.54) is 14.2 Å². The van der Waals surface area contributed by atoms with Crippen LogP contribution in [0.1, 0.15) is 13.8 Å². The number of esters is 1. The van der Waals surface area contributed by atoms with Crippen LogP contribution in [0.15, 0.2) is 0 Å². The van der Waals surface area contributed by atoms with Crippen molar-refractivity contribution in [2.45, 2.75) is 25.6 Å². The highest BCUT2D eigenvalue weighted by Crippen LogP contribution is 2.16. The number of methoxy groups -OCH3 is 2. The Bertz CT molecular complexity index is 157. The molecule has 0 fully saturated rings. The third-order valence-corrected chi connectivity index (χ3v) is 1.71. The molecule has 5 heteroatoms. The van der Waals surface area contributed by atoms with Gasteiger partial charge in [-0.15, -0.1) is 0 Å². The normalized spacial score (nSPS) is 14.1. The molecule has 0 heterocycles. The summed E-state index contributed by atoms with van der Waals surface area (Å²) in [7, 11) is 2.73. The van der Waals surface area contributed by atoms with Crippen LogP contribution < -0.4 is 5.90 Å². The van der Waals surface area contributed by atoms with Gasteiger partial charge in [0.2, 0.25) is 6.10 Å². The van der Waals surface area contributed by atoms with Gasteiger partial charge in [-0.2, -0.15) is 0 Å². The highest BCUT2D eigenvalue weighted by atomic mass is 16.7. The minimum absolute atomic E-state index is 0.552. The molecule has 0 aromatic heterocycles. The van der Waals surface area contributed by atoms with Gasteiger partial charge in [-0.1, -0.05) is 0 Å². The molecule has 0 unspecified atom stereocenters. The second kappa shape index (κ2) is 4.39. The first-order valence-corrected chi connectivity index (χ1v) is 3.48. The Balaban J connectivity index is 4.43. The number of carbonyl (C=O) groups excluding carboxylic acids is 1. The molecule has 0 saturated heterocycles. The Labute approximate surface area is 71.7 Å². The van der Waals surface area contributed by atoms with Crippen LogP contribution in [0.4, 0.5) is 0 Å². The summed E-state index contributed by atoms with van der Waals surface area (Å²) >= 11 is 0. The maximum absolute atomic E-state index is 11.0. The summed E-state index contributed by atoms with van der Waals surface area (Å²) in [6.45, 7) is 3.36. The van der Waals surface area contributed by atoms with E-state index in [1.807, 2.05) is 0 Å². The fourth-order valence-electron chi connectivity index (χ4n) is 0.717. The zero-order chi connectivity index (χ0) is 9.78. The van der Waals surface area contributed by atoms with Gasteiger partial charge in [0.1, 0.15) is 5.60 Å². The SMILES string of the molecule is COC(=O)[C@H](ON)C(C)(C)OC. The molecule has 5 nitrogen and oxygen atoms in total. The molecule has 0 bridgehead atoms. The number of ether oxygens (including phenoxy) is 2. The van der Waals surface area contributed by atoms with Crippen LogP contribution in [0.25, 0.3) is 0 Å². The van der Waals surface area contributed by atoms with Gasteiger partial charge in [-0.3, -0.25) is 4.84 Å². The summed E-state index contributed by atoms with van der Waals surface area (Å²) in [5, 5.41) is 0. The molecule has 0 aromatic rings. The minimum Gasteiger partial charge on any atom is -0.467 e. The Hall–Kier alpha value is -0.650. The summed E-state index contributed by atoms with van der Waals surface area (Å²) in [6.07, 6.45) is -0.910. The lowest BCUT2D eigenvalue weighted by Crippen LogP contribution is -2.47. The van der Waals surface area contributed by atoms with Crippen LogP contribution in [0.2, 0.25) is 0 Å². The molecule has 0 spiro atoms. The summed E-state index contributed by atoms with van der Waals surface area (Å²) in [5.41, 5.74) is -0.790. The summed E-state index contributed by atoms with van der Waals surface area (Å²) < 4.78 is 9.48. The Morgan fingerprint density at radius 3 is 2.17 bits per heavy atom. The van der Waals surface area contributed by atoms with Gasteiger partial charge in [-0.05, 0) is 13.8 Å². The molecule has 0 aliphatic heterocycles. The zero-order valence-electron chi connectivity index (χ0n) is 7.79. The van der Waals surface area contributed by atoms with E-state index in [2.05, 4.69) is 9.57 Å². The number of hydrogen-bond acceptors (Lipinski definition) is 5. The van der Waals surface area contributed by atoms with Crippen molar-refractivity contribution in [3.05, 3.63) is 0 Å². The number of rotatable bonds is 4. The van der Waals surface area contributed by atoms with Gasteiger partial charge in [-0.25, -0.2) is 10.7 Å². The molecule has 1 atom stereocenters. The van der Waals surface area contributed by atoms with Gasteiger partial charge in [0.15, 0.2) is 0 Å². The molecule has 0 radical (unpaired) electrons. The Kier molecular flexibility index (Phi) is 4.16. The highest BCUT2D eigenvalue weighted by Gasteiger charge is 2.37. The summed E-state index contributed by atoms with van der Waals surface area (Å²) in [5.74, 6) is 4.38. The van der Waals surface area contributed by atoms with Crippen LogP contribution >= 0.6 is 0 Å². The molecule has 0 aliphatic carbocycles. The van der Waals surface area contributed by atoms with Crippen LogP contribution in [-0.2, 0) is 19.1 Å². The van der Waals surface area contributed by atoms with Gasteiger partial charge in [0.05, 0.1) is 7.11 Å². The lowest BCUT2D eigenvalue weighted by Gasteiger charge is -2.28. The summed E-state index contributed by atoms with van der Waals surface area (Å²) in [4.78, 5) is 15.5. The van der Waals surface area contributed by atoms with E-state index in [1.54, 1.807) is 13.8 Å². The van der Waals surface area contributed by atoms with E-state index >= 15 is 0 Å². The van der Waals surface area contributed by atoms with Crippen molar-refractivity contribution in [1.29, 1.82) is 0 Å². The van der Waals surface area contributed by atoms with Crippen molar-refractivity contribution in [2.24, 2.45) is 5.90 Å². The van der Waals surface area contributed by atoms with Gasteiger partial charge in [0, 0.05) is 7.11 Å².